The topological polar surface area (TPSA) is 72.6 Å². The summed E-state index contributed by atoms with van der Waals surface area (Å²) in [4.78, 5) is 25.0. The lowest BCUT2D eigenvalue weighted by Crippen LogP contribution is -2.42. The van der Waals surface area contributed by atoms with E-state index >= 15 is 0 Å². The summed E-state index contributed by atoms with van der Waals surface area (Å²) in [6.45, 7) is 1.85. The molecule has 0 spiro atoms. The van der Waals surface area contributed by atoms with Crippen molar-refractivity contribution in [3.63, 3.8) is 0 Å². The molecular formula is C16H22N2O3S. The Hall–Kier alpha value is -1.69. The van der Waals surface area contributed by atoms with Crippen molar-refractivity contribution >= 4 is 23.6 Å². The molecule has 22 heavy (non-hydrogen) atoms. The van der Waals surface area contributed by atoms with Crippen LogP contribution in [0.25, 0.3) is 0 Å². The molecule has 0 aliphatic carbocycles. The molecule has 0 unspecified atom stereocenters. The Morgan fingerprint density at radius 3 is 2.55 bits per heavy atom. The molecule has 0 radical (unpaired) electrons. The molecule has 120 valence electrons. The minimum absolute atomic E-state index is 0.0732. The van der Waals surface area contributed by atoms with Crippen molar-refractivity contribution in [2.24, 2.45) is 11.7 Å². The molecular weight excluding hydrogens is 300 g/mol. The minimum atomic E-state index is -0.250. The summed E-state index contributed by atoms with van der Waals surface area (Å²) in [5, 5.41) is 0. The van der Waals surface area contributed by atoms with Crippen LogP contribution in [0.15, 0.2) is 30.3 Å². The van der Waals surface area contributed by atoms with E-state index in [1.54, 1.807) is 11.8 Å². The van der Waals surface area contributed by atoms with Crippen molar-refractivity contribution in [1.29, 1.82) is 0 Å². The Bertz CT molecular complexity index is 487. The fourth-order valence-electron chi connectivity index (χ4n) is 2.40. The number of hydrogen-bond donors (Lipinski definition) is 1. The first-order valence-corrected chi connectivity index (χ1v) is 8.65. The number of likely N-dealkylation sites (tertiary alicyclic amines) is 1. The summed E-state index contributed by atoms with van der Waals surface area (Å²) in [5.41, 5.74) is 5.29. The van der Waals surface area contributed by atoms with Gasteiger partial charge in [0.25, 0.3) is 0 Å². The van der Waals surface area contributed by atoms with Gasteiger partial charge in [-0.15, -0.1) is 11.8 Å². The maximum atomic E-state index is 12.1. The number of ether oxygens (including phenoxy) is 1. The minimum Gasteiger partial charge on any atom is -0.493 e. The lowest BCUT2D eigenvalue weighted by Gasteiger charge is -2.30. The second-order valence-corrected chi connectivity index (χ2v) is 6.38. The number of benzene rings is 1. The van der Waals surface area contributed by atoms with Crippen LogP contribution < -0.4 is 10.5 Å². The smallest absolute Gasteiger partial charge is 0.232 e. The van der Waals surface area contributed by atoms with Crippen molar-refractivity contribution in [3.8, 4) is 5.75 Å². The molecule has 0 bridgehead atoms. The molecule has 0 atom stereocenters. The van der Waals surface area contributed by atoms with E-state index in [1.165, 1.54) is 0 Å². The fourth-order valence-corrected chi connectivity index (χ4v) is 3.10. The molecule has 1 aliphatic heterocycles. The Kier molecular flexibility index (Phi) is 6.58. The molecule has 2 rings (SSSR count). The number of nitrogens with two attached hydrogens (primary N) is 1. The number of nitrogens with zero attached hydrogens (tertiary/aromatic N) is 1. The van der Waals surface area contributed by atoms with Crippen LogP contribution in [0.1, 0.15) is 12.8 Å². The molecule has 1 saturated heterocycles. The standard InChI is InChI=1S/C16H22N2O3S/c17-16(20)13-6-8-18(9-7-13)15(19)12-22-11-10-21-14-4-2-1-3-5-14/h1-5,13H,6-12H2,(H2,17,20). The van der Waals surface area contributed by atoms with Crippen LogP contribution in [-0.2, 0) is 9.59 Å². The van der Waals surface area contributed by atoms with E-state index in [1.807, 2.05) is 35.2 Å². The van der Waals surface area contributed by atoms with Crippen molar-refractivity contribution in [3.05, 3.63) is 30.3 Å². The molecule has 5 nitrogen and oxygen atoms in total. The molecule has 6 heteroatoms. The fraction of sp³-hybridized carbons (Fsp3) is 0.500. The van der Waals surface area contributed by atoms with Gasteiger partial charge < -0.3 is 15.4 Å². The molecule has 1 aliphatic rings. The number of rotatable bonds is 7. The SMILES string of the molecule is NC(=O)C1CCN(C(=O)CSCCOc2ccccc2)CC1. The Labute approximate surface area is 135 Å². The number of para-hydroxylation sites is 1. The van der Waals surface area contributed by atoms with E-state index in [2.05, 4.69) is 0 Å². The van der Waals surface area contributed by atoms with E-state index in [4.69, 9.17) is 10.5 Å². The summed E-state index contributed by atoms with van der Waals surface area (Å²) in [6.07, 6.45) is 1.37. The maximum absolute atomic E-state index is 12.1. The predicted octanol–water partition coefficient (Wildman–Crippen LogP) is 1.52. The highest BCUT2D eigenvalue weighted by Crippen LogP contribution is 2.17. The monoisotopic (exact) mass is 322 g/mol. The largest absolute Gasteiger partial charge is 0.493 e. The molecule has 0 saturated carbocycles. The average Bonchev–Trinajstić information content (AvgIpc) is 2.55. The van der Waals surface area contributed by atoms with Gasteiger partial charge in [-0.2, -0.15) is 0 Å². The van der Waals surface area contributed by atoms with Crippen molar-refractivity contribution in [1.82, 2.24) is 4.90 Å². The van der Waals surface area contributed by atoms with Crippen LogP contribution in [0.4, 0.5) is 0 Å². The maximum Gasteiger partial charge on any atom is 0.232 e. The van der Waals surface area contributed by atoms with Crippen LogP contribution >= 0.6 is 11.8 Å². The first-order chi connectivity index (χ1) is 10.7. The van der Waals surface area contributed by atoms with Crippen LogP contribution in [-0.4, -0.2) is 47.9 Å². The van der Waals surface area contributed by atoms with Crippen LogP contribution in [0.2, 0.25) is 0 Å². The highest BCUT2D eigenvalue weighted by Gasteiger charge is 2.25. The van der Waals surface area contributed by atoms with E-state index in [0.717, 1.165) is 11.5 Å². The van der Waals surface area contributed by atoms with Gasteiger partial charge >= 0.3 is 0 Å². The normalized spacial score (nSPS) is 15.5. The summed E-state index contributed by atoms with van der Waals surface area (Å²) >= 11 is 1.57. The lowest BCUT2D eigenvalue weighted by atomic mass is 9.96. The molecule has 1 fully saturated rings. The molecule has 2 amide bonds. The first-order valence-electron chi connectivity index (χ1n) is 7.49. The van der Waals surface area contributed by atoms with Crippen molar-refractivity contribution in [2.75, 3.05) is 31.2 Å². The third-order valence-electron chi connectivity index (χ3n) is 3.72. The van der Waals surface area contributed by atoms with Gasteiger partial charge in [-0.1, -0.05) is 18.2 Å². The number of primary amides is 1. The molecule has 1 aromatic rings. The Balaban J connectivity index is 1.57. The van der Waals surface area contributed by atoms with Gasteiger partial charge in [0.15, 0.2) is 0 Å². The van der Waals surface area contributed by atoms with E-state index in [9.17, 15) is 9.59 Å². The van der Waals surface area contributed by atoms with Gasteiger partial charge in [0.1, 0.15) is 5.75 Å². The number of hydrogen-bond acceptors (Lipinski definition) is 4. The van der Waals surface area contributed by atoms with E-state index < -0.39 is 0 Å². The molecule has 2 N–H and O–H groups in total. The third kappa shape index (κ3) is 5.26. The summed E-state index contributed by atoms with van der Waals surface area (Å²) in [5.74, 6) is 1.89. The Morgan fingerprint density at radius 1 is 1.23 bits per heavy atom. The number of thioether (sulfide) groups is 1. The number of amides is 2. The van der Waals surface area contributed by atoms with Crippen molar-refractivity contribution < 1.29 is 14.3 Å². The summed E-state index contributed by atoms with van der Waals surface area (Å²) in [6, 6.07) is 9.64. The average molecular weight is 322 g/mol. The molecule has 1 heterocycles. The van der Waals surface area contributed by atoms with Gasteiger partial charge in [-0.25, -0.2) is 0 Å². The van der Waals surface area contributed by atoms with Gasteiger partial charge in [-0.05, 0) is 25.0 Å². The van der Waals surface area contributed by atoms with Gasteiger partial charge in [0.2, 0.25) is 11.8 Å². The van der Waals surface area contributed by atoms with Gasteiger partial charge in [0, 0.05) is 24.8 Å². The van der Waals surface area contributed by atoms with Crippen LogP contribution in [0.5, 0.6) is 5.75 Å². The first kappa shape index (κ1) is 16.7. The van der Waals surface area contributed by atoms with Crippen LogP contribution in [0.3, 0.4) is 0 Å². The van der Waals surface area contributed by atoms with Crippen molar-refractivity contribution in [2.45, 2.75) is 12.8 Å². The number of carbonyl (C=O) groups is 2. The second-order valence-electron chi connectivity index (χ2n) is 5.27. The highest BCUT2D eigenvalue weighted by molar-refractivity contribution is 7.99. The van der Waals surface area contributed by atoms with Gasteiger partial charge in [0.05, 0.1) is 12.4 Å². The van der Waals surface area contributed by atoms with Crippen LogP contribution in [0, 0.1) is 5.92 Å². The number of piperidine rings is 1. The second kappa shape index (κ2) is 8.68. The highest BCUT2D eigenvalue weighted by atomic mass is 32.2. The summed E-state index contributed by atoms with van der Waals surface area (Å²) < 4.78 is 5.58. The lowest BCUT2D eigenvalue weighted by molar-refractivity contribution is -0.132. The zero-order valence-corrected chi connectivity index (χ0v) is 13.4. The Morgan fingerprint density at radius 2 is 1.91 bits per heavy atom. The van der Waals surface area contributed by atoms with Gasteiger partial charge in [-0.3, -0.25) is 9.59 Å². The third-order valence-corrected chi connectivity index (χ3v) is 4.62. The number of carbonyl (C=O) groups excluding carboxylic acids is 2. The van der Waals surface area contributed by atoms with E-state index in [0.29, 0.717) is 38.3 Å². The zero-order valence-electron chi connectivity index (χ0n) is 12.6. The van der Waals surface area contributed by atoms with E-state index in [-0.39, 0.29) is 17.7 Å². The summed E-state index contributed by atoms with van der Waals surface area (Å²) in [7, 11) is 0. The molecule has 0 aromatic heterocycles. The quantitative estimate of drug-likeness (QED) is 0.773. The predicted molar refractivity (Wildman–Crippen MR) is 87.8 cm³/mol. The zero-order chi connectivity index (χ0) is 15.8. The molecule has 1 aromatic carbocycles.